The minimum atomic E-state index is 0.0488. The fourth-order valence-corrected chi connectivity index (χ4v) is 4.86. The van der Waals surface area contributed by atoms with Crippen molar-refractivity contribution in [2.24, 2.45) is 5.41 Å². The van der Waals surface area contributed by atoms with Crippen molar-refractivity contribution in [3.05, 3.63) is 57.8 Å². The third kappa shape index (κ3) is 3.40. The van der Waals surface area contributed by atoms with Gasteiger partial charge in [-0.1, -0.05) is 30.3 Å². The Morgan fingerprint density at radius 2 is 1.92 bits per heavy atom. The summed E-state index contributed by atoms with van der Waals surface area (Å²) in [6.45, 7) is 5.04. The van der Waals surface area contributed by atoms with Crippen LogP contribution in [-0.4, -0.2) is 41.2 Å². The molecule has 3 heterocycles. The van der Waals surface area contributed by atoms with E-state index in [1.165, 1.54) is 10.4 Å². The Bertz CT molecular complexity index is 806. The third-order valence-electron chi connectivity index (χ3n) is 5.71. The Morgan fingerprint density at radius 1 is 1.19 bits per heavy atom. The van der Waals surface area contributed by atoms with Gasteiger partial charge in [-0.25, -0.2) is 0 Å². The van der Waals surface area contributed by atoms with Crippen molar-refractivity contribution in [3.8, 4) is 0 Å². The number of piperidine rings is 1. The zero-order chi connectivity index (χ0) is 18.1. The van der Waals surface area contributed by atoms with Crippen LogP contribution in [0.2, 0.25) is 0 Å². The number of benzene rings is 1. The predicted octanol–water partition coefficient (Wildman–Crippen LogP) is 3.71. The van der Waals surface area contributed by atoms with E-state index in [4.69, 9.17) is 0 Å². The van der Waals surface area contributed by atoms with E-state index in [1.54, 1.807) is 11.3 Å². The maximum absolute atomic E-state index is 12.6. The van der Waals surface area contributed by atoms with Crippen molar-refractivity contribution in [1.82, 2.24) is 9.80 Å². The number of nitrogens with zero attached hydrogens (tertiary/aromatic N) is 2. The largest absolute Gasteiger partial charge is 0.339 e. The molecule has 26 heavy (non-hydrogen) atoms. The van der Waals surface area contributed by atoms with E-state index in [2.05, 4.69) is 12.1 Å². The minimum absolute atomic E-state index is 0.0488. The summed E-state index contributed by atoms with van der Waals surface area (Å²) in [7, 11) is 0. The first-order valence-electron chi connectivity index (χ1n) is 9.21. The minimum Gasteiger partial charge on any atom is -0.339 e. The van der Waals surface area contributed by atoms with Crippen LogP contribution in [-0.2, 0) is 11.3 Å². The standard InChI is InChI=1S/C21H24N2O2S/c1-16-11-18(14-26-16)20(25)22-9-7-21(8-10-22)12-19(24)23(15-21)13-17-5-3-2-4-6-17/h2-6,11,14H,7-10,12-13,15H2,1H3. The SMILES string of the molecule is Cc1cc(C(=O)N2CCC3(CC2)CC(=O)N(Cc2ccccc2)C3)cs1. The lowest BCUT2D eigenvalue weighted by atomic mass is 9.77. The second-order valence-electron chi connectivity index (χ2n) is 7.65. The molecule has 1 aromatic carbocycles. The smallest absolute Gasteiger partial charge is 0.254 e. The molecule has 2 aromatic rings. The number of carbonyl (C=O) groups excluding carboxylic acids is 2. The van der Waals surface area contributed by atoms with Crippen molar-refractivity contribution in [3.63, 3.8) is 0 Å². The highest BCUT2D eigenvalue weighted by atomic mass is 32.1. The number of aryl methyl sites for hydroxylation is 1. The highest BCUT2D eigenvalue weighted by molar-refractivity contribution is 7.10. The van der Waals surface area contributed by atoms with Gasteiger partial charge in [0.25, 0.3) is 5.91 Å². The summed E-state index contributed by atoms with van der Waals surface area (Å²) < 4.78 is 0. The molecule has 1 spiro atoms. The van der Waals surface area contributed by atoms with E-state index in [-0.39, 0.29) is 17.2 Å². The lowest BCUT2D eigenvalue weighted by Gasteiger charge is -2.38. The first-order chi connectivity index (χ1) is 12.5. The molecule has 0 aliphatic carbocycles. The third-order valence-corrected chi connectivity index (χ3v) is 6.57. The Kier molecular flexibility index (Phi) is 4.57. The summed E-state index contributed by atoms with van der Waals surface area (Å²) in [6.07, 6.45) is 2.46. The van der Waals surface area contributed by atoms with Crippen LogP contribution in [0.1, 0.15) is 40.1 Å². The monoisotopic (exact) mass is 368 g/mol. The van der Waals surface area contributed by atoms with Gasteiger partial charge in [-0.15, -0.1) is 11.3 Å². The van der Waals surface area contributed by atoms with Crippen molar-refractivity contribution >= 4 is 23.2 Å². The van der Waals surface area contributed by atoms with Crippen LogP contribution in [0.15, 0.2) is 41.8 Å². The maximum atomic E-state index is 12.6. The first kappa shape index (κ1) is 17.3. The van der Waals surface area contributed by atoms with E-state index in [0.717, 1.165) is 38.0 Å². The van der Waals surface area contributed by atoms with Gasteiger partial charge in [0.1, 0.15) is 0 Å². The molecule has 2 amide bonds. The van der Waals surface area contributed by atoms with Crippen molar-refractivity contribution < 1.29 is 9.59 Å². The summed E-state index contributed by atoms with van der Waals surface area (Å²) in [4.78, 5) is 30.3. The van der Waals surface area contributed by atoms with Crippen LogP contribution in [0.4, 0.5) is 0 Å². The van der Waals surface area contributed by atoms with E-state index < -0.39 is 0 Å². The highest BCUT2D eigenvalue weighted by Crippen LogP contribution is 2.41. The summed E-state index contributed by atoms with van der Waals surface area (Å²) in [5.41, 5.74) is 2.03. The van der Waals surface area contributed by atoms with Gasteiger partial charge in [0, 0.05) is 48.3 Å². The van der Waals surface area contributed by atoms with Crippen LogP contribution in [0.25, 0.3) is 0 Å². The normalized spacial score (nSPS) is 19.3. The molecule has 0 saturated carbocycles. The summed E-state index contributed by atoms with van der Waals surface area (Å²) in [5, 5.41) is 1.95. The number of rotatable bonds is 3. The topological polar surface area (TPSA) is 40.6 Å². The van der Waals surface area contributed by atoms with Gasteiger partial charge >= 0.3 is 0 Å². The van der Waals surface area contributed by atoms with Crippen LogP contribution < -0.4 is 0 Å². The number of thiophene rings is 1. The molecule has 4 nitrogen and oxygen atoms in total. The lowest BCUT2D eigenvalue weighted by molar-refractivity contribution is -0.128. The maximum Gasteiger partial charge on any atom is 0.254 e. The molecule has 2 fully saturated rings. The molecule has 1 aromatic heterocycles. The number of likely N-dealkylation sites (tertiary alicyclic amines) is 2. The van der Waals surface area contributed by atoms with Crippen molar-refractivity contribution in [2.45, 2.75) is 32.7 Å². The van der Waals surface area contributed by atoms with E-state index in [9.17, 15) is 9.59 Å². The van der Waals surface area contributed by atoms with Gasteiger partial charge in [0.2, 0.25) is 5.91 Å². The molecule has 5 heteroatoms. The quantitative estimate of drug-likeness (QED) is 0.829. The van der Waals surface area contributed by atoms with E-state index in [0.29, 0.717) is 13.0 Å². The molecule has 2 aliphatic rings. The Morgan fingerprint density at radius 3 is 2.58 bits per heavy atom. The van der Waals surface area contributed by atoms with Gasteiger partial charge < -0.3 is 9.80 Å². The van der Waals surface area contributed by atoms with Crippen LogP contribution >= 0.6 is 11.3 Å². The Hall–Kier alpha value is -2.14. The molecule has 0 bridgehead atoms. The summed E-state index contributed by atoms with van der Waals surface area (Å²) in [6, 6.07) is 12.1. The molecule has 2 saturated heterocycles. The highest BCUT2D eigenvalue weighted by Gasteiger charge is 2.45. The molecule has 4 rings (SSSR count). The fourth-order valence-electron chi connectivity index (χ4n) is 4.19. The van der Waals surface area contributed by atoms with E-state index in [1.807, 2.05) is 46.4 Å². The van der Waals surface area contributed by atoms with Gasteiger partial charge in [-0.05, 0) is 31.4 Å². The van der Waals surface area contributed by atoms with E-state index >= 15 is 0 Å². The molecular formula is C21H24N2O2S. The summed E-state index contributed by atoms with van der Waals surface area (Å²) >= 11 is 1.62. The van der Waals surface area contributed by atoms with Gasteiger partial charge in [-0.2, -0.15) is 0 Å². The Labute approximate surface area is 158 Å². The second kappa shape index (κ2) is 6.88. The van der Waals surface area contributed by atoms with Gasteiger partial charge in [0.15, 0.2) is 0 Å². The summed E-state index contributed by atoms with van der Waals surface area (Å²) in [5.74, 6) is 0.386. The van der Waals surface area contributed by atoms with Gasteiger partial charge in [-0.3, -0.25) is 9.59 Å². The molecule has 0 radical (unpaired) electrons. The number of hydrogen-bond donors (Lipinski definition) is 0. The van der Waals surface area contributed by atoms with Crippen LogP contribution in [0.3, 0.4) is 0 Å². The van der Waals surface area contributed by atoms with Crippen molar-refractivity contribution in [2.75, 3.05) is 19.6 Å². The average molecular weight is 369 g/mol. The second-order valence-corrected chi connectivity index (χ2v) is 8.77. The molecule has 0 N–H and O–H groups in total. The predicted molar refractivity (Wildman–Crippen MR) is 103 cm³/mol. The van der Waals surface area contributed by atoms with Crippen LogP contribution in [0, 0.1) is 12.3 Å². The number of carbonyl (C=O) groups is 2. The molecule has 136 valence electrons. The van der Waals surface area contributed by atoms with Gasteiger partial charge in [0.05, 0.1) is 5.56 Å². The number of hydrogen-bond acceptors (Lipinski definition) is 3. The first-order valence-corrected chi connectivity index (χ1v) is 10.1. The Balaban J connectivity index is 1.38. The van der Waals surface area contributed by atoms with Crippen molar-refractivity contribution in [1.29, 1.82) is 0 Å². The molecule has 0 unspecified atom stereocenters. The molecule has 2 aliphatic heterocycles. The fraction of sp³-hybridized carbons (Fsp3) is 0.429. The van der Waals surface area contributed by atoms with Crippen LogP contribution in [0.5, 0.6) is 0 Å². The lowest BCUT2D eigenvalue weighted by Crippen LogP contribution is -2.44. The zero-order valence-electron chi connectivity index (χ0n) is 15.1. The zero-order valence-corrected chi connectivity index (χ0v) is 15.9. The number of amides is 2. The average Bonchev–Trinajstić information content (AvgIpc) is 3.20. The molecular weight excluding hydrogens is 344 g/mol. The molecule has 0 atom stereocenters.